The summed E-state index contributed by atoms with van der Waals surface area (Å²) < 4.78 is 7.52. The Hall–Kier alpha value is -0.950. The fraction of sp³-hybridized carbons (Fsp3) is 0.824. The lowest BCUT2D eigenvalue weighted by Crippen LogP contribution is -2.41. The molecule has 0 amide bonds. The minimum atomic E-state index is 0.426. The molecule has 3 heterocycles. The maximum Gasteiger partial charge on any atom is 0.0594 e. The van der Waals surface area contributed by atoms with Crippen molar-refractivity contribution < 1.29 is 4.74 Å². The van der Waals surface area contributed by atoms with Gasteiger partial charge in [-0.3, -0.25) is 9.58 Å². The van der Waals surface area contributed by atoms with Crippen molar-refractivity contribution in [3.05, 3.63) is 18.0 Å². The molecule has 130 valence electrons. The molecule has 0 aromatic carbocycles. The molecule has 1 aromatic heterocycles. The molecule has 1 N–H and O–H groups in total. The molecule has 1 unspecified atom stereocenters. The Morgan fingerprint density at radius 3 is 2.78 bits per heavy atom. The normalized spacial score (nSPS) is 23.9. The van der Waals surface area contributed by atoms with Gasteiger partial charge in [-0.2, -0.15) is 5.10 Å². The summed E-state index contributed by atoms with van der Waals surface area (Å²) in [5.41, 5.74) is 1.28. The predicted octanol–water partition coefficient (Wildman–Crippen LogP) is 0.960. The van der Waals surface area contributed by atoms with E-state index in [1.807, 2.05) is 6.20 Å². The molecular formula is C17H31N5O. The van der Waals surface area contributed by atoms with Gasteiger partial charge in [0.1, 0.15) is 0 Å². The molecule has 6 heteroatoms. The molecule has 23 heavy (non-hydrogen) atoms. The monoisotopic (exact) mass is 321 g/mol. The van der Waals surface area contributed by atoms with Gasteiger partial charge in [-0.05, 0) is 32.9 Å². The Balaban J connectivity index is 1.37. The van der Waals surface area contributed by atoms with Crippen LogP contribution in [0.4, 0.5) is 0 Å². The van der Waals surface area contributed by atoms with E-state index in [1.54, 1.807) is 0 Å². The zero-order chi connectivity index (χ0) is 16.1. The summed E-state index contributed by atoms with van der Waals surface area (Å²) in [4.78, 5) is 5.11. The zero-order valence-electron chi connectivity index (χ0n) is 14.6. The summed E-state index contributed by atoms with van der Waals surface area (Å²) in [6.07, 6.45) is 3.15. The van der Waals surface area contributed by atoms with Gasteiger partial charge in [0.15, 0.2) is 0 Å². The van der Waals surface area contributed by atoms with Crippen molar-refractivity contribution in [3.8, 4) is 0 Å². The highest BCUT2D eigenvalue weighted by Gasteiger charge is 2.23. The summed E-state index contributed by atoms with van der Waals surface area (Å²) in [6.45, 7) is 14.0. The van der Waals surface area contributed by atoms with Crippen molar-refractivity contribution >= 4 is 0 Å². The van der Waals surface area contributed by atoms with Gasteiger partial charge in [0.05, 0.1) is 18.9 Å². The number of aromatic nitrogens is 2. The van der Waals surface area contributed by atoms with Gasteiger partial charge in [0.25, 0.3) is 0 Å². The van der Waals surface area contributed by atoms with Crippen molar-refractivity contribution in [2.24, 2.45) is 0 Å². The van der Waals surface area contributed by atoms with Crippen molar-refractivity contribution in [3.63, 3.8) is 0 Å². The SMILES string of the molecule is CC(C)n1nccc1CNC1CCN(CCN2CCOCC2)C1. The quantitative estimate of drug-likeness (QED) is 0.810. The van der Waals surface area contributed by atoms with E-state index in [0.717, 1.165) is 32.8 Å². The fourth-order valence-electron chi connectivity index (χ4n) is 3.51. The lowest BCUT2D eigenvalue weighted by molar-refractivity contribution is 0.0343. The highest BCUT2D eigenvalue weighted by molar-refractivity contribution is 5.02. The summed E-state index contributed by atoms with van der Waals surface area (Å²) >= 11 is 0. The van der Waals surface area contributed by atoms with E-state index in [-0.39, 0.29) is 0 Å². The Kier molecular flexibility index (Phi) is 6.05. The molecule has 0 spiro atoms. The van der Waals surface area contributed by atoms with Crippen LogP contribution in [0.1, 0.15) is 32.0 Å². The van der Waals surface area contributed by atoms with E-state index in [2.05, 4.69) is 44.8 Å². The van der Waals surface area contributed by atoms with Gasteiger partial charge in [0.2, 0.25) is 0 Å². The largest absolute Gasteiger partial charge is 0.379 e. The van der Waals surface area contributed by atoms with Crippen LogP contribution in [0.5, 0.6) is 0 Å². The summed E-state index contributed by atoms with van der Waals surface area (Å²) in [5.74, 6) is 0. The van der Waals surface area contributed by atoms with Crippen molar-refractivity contribution in [2.45, 2.75) is 38.9 Å². The van der Waals surface area contributed by atoms with Crippen LogP contribution in [0.2, 0.25) is 0 Å². The van der Waals surface area contributed by atoms with Gasteiger partial charge in [-0.25, -0.2) is 0 Å². The molecule has 6 nitrogen and oxygen atoms in total. The number of hydrogen-bond acceptors (Lipinski definition) is 5. The second kappa shape index (κ2) is 8.24. The number of nitrogens with zero attached hydrogens (tertiary/aromatic N) is 4. The molecule has 0 saturated carbocycles. The first kappa shape index (κ1) is 16.9. The maximum atomic E-state index is 5.41. The molecule has 3 rings (SSSR count). The minimum absolute atomic E-state index is 0.426. The standard InChI is InChI=1S/C17H31N5O/c1-15(2)22-17(3-5-19-22)13-18-16-4-6-21(14-16)8-7-20-9-11-23-12-10-20/h3,5,15-16,18H,4,6-14H2,1-2H3. The van der Waals surface area contributed by atoms with E-state index in [9.17, 15) is 0 Å². The molecule has 0 bridgehead atoms. The number of rotatable bonds is 7. The van der Waals surface area contributed by atoms with Crippen LogP contribution in [-0.4, -0.2) is 78.1 Å². The highest BCUT2D eigenvalue weighted by atomic mass is 16.5. The predicted molar refractivity (Wildman–Crippen MR) is 91.6 cm³/mol. The molecular weight excluding hydrogens is 290 g/mol. The summed E-state index contributed by atoms with van der Waals surface area (Å²) in [5, 5.41) is 8.12. The average Bonchev–Trinajstić information content (AvgIpc) is 3.21. The van der Waals surface area contributed by atoms with E-state index in [4.69, 9.17) is 4.74 Å². The highest BCUT2D eigenvalue weighted by Crippen LogP contribution is 2.12. The second-order valence-electron chi connectivity index (χ2n) is 6.98. The second-order valence-corrected chi connectivity index (χ2v) is 6.98. The first-order chi connectivity index (χ1) is 11.2. The lowest BCUT2D eigenvalue weighted by atomic mass is 10.2. The van der Waals surface area contributed by atoms with Crippen LogP contribution in [-0.2, 0) is 11.3 Å². The van der Waals surface area contributed by atoms with Gasteiger partial charge in [0, 0.05) is 57.5 Å². The molecule has 0 radical (unpaired) electrons. The Labute approximate surface area is 139 Å². The molecule has 2 fully saturated rings. The maximum absolute atomic E-state index is 5.41. The van der Waals surface area contributed by atoms with Crippen LogP contribution in [0.3, 0.4) is 0 Å². The fourth-order valence-corrected chi connectivity index (χ4v) is 3.51. The number of hydrogen-bond donors (Lipinski definition) is 1. The molecule has 1 aromatic rings. The van der Waals surface area contributed by atoms with Crippen LogP contribution >= 0.6 is 0 Å². The molecule has 2 aliphatic heterocycles. The number of likely N-dealkylation sites (tertiary alicyclic amines) is 1. The topological polar surface area (TPSA) is 45.6 Å². The van der Waals surface area contributed by atoms with E-state index in [1.165, 1.54) is 38.3 Å². The van der Waals surface area contributed by atoms with Crippen LogP contribution in [0, 0.1) is 0 Å². The zero-order valence-corrected chi connectivity index (χ0v) is 14.6. The third-order valence-corrected chi connectivity index (χ3v) is 4.92. The smallest absolute Gasteiger partial charge is 0.0594 e. The summed E-state index contributed by atoms with van der Waals surface area (Å²) in [6, 6.07) is 3.16. The van der Waals surface area contributed by atoms with Gasteiger partial charge >= 0.3 is 0 Å². The Bertz CT molecular complexity index is 469. The first-order valence-electron chi connectivity index (χ1n) is 9.00. The van der Waals surface area contributed by atoms with Crippen molar-refractivity contribution in [2.75, 3.05) is 52.5 Å². The third kappa shape index (κ3) is 4.76. The van der Waals surface area contributed by atoms with E-state index >= 15 is 0 Å². The van der Waals surface area contributed by atoms with Crippen LogP contribution in [0.25, 0.3) is 0 Å². The van der Waals surface area contributed by atoms with Gasteiger partial charge in [-0.15, -0.1) is 0 Å². The average molecular weight is 321 g/mol. The molecule has 2 aliphatic rings. The molecule has 0 aliphatic carbocycles. The van der Waals surface area contributed by atoms with Gasteiger partial charge < -0.3 is 15.0 Å². The Morgan fingerprint density at radius 1 is 1.22 bits per heavy atom. The number of morpholine rings is 1. The minimum Gasteiger partial charge on any atom is -0.379 e. The first-order valence-corrected chi connectivity index (χ1v) is 9.00. The van der Waals surface area contributed by atoms with Gasteiger partial charge in [-0.1, -0.05) is 0 Å². The van der Waals surface area contributed by atoms with Crippen LogP contribution < -0.4 is 5.32 Å². The van der Waals surface area contributed by atoms with Crippen molar-refractivity contribution in [1.29, 1.82) is 0 Å². The molecule has 1 atom stereocenters. The number of nitrogens with one attached hydrogen (secondary N) is 1. The van der Waals surface area contributed by atoms with E-state index in [0.29, 0.717) is 12.1 Å². The molecule has 2 saturated heterocycles. The Morgan fingerprint density at radius 2 is 2.00 bits per heavy atom. The third-order valence-electron chi connectivity index (χ3n) is 4.92. The number of ether oxygens (including phenoxy) is 1. The van der Waals surface area contributed by atoms with E-state index < -0.39 is 0 Å². The summed E-state index contributed by atoms with van der Waals surface area (Å²) in [7, 11) is 0. The van der Waals surface area contributed by atoms with Crippen molar-refractivity contribution in [1.82, 2.24) is 24.9 Å². The van der Waals surface area contributed by atoms with Crippen LogP contribution in [0.15, 0.2) is 12.3 Å². The lowest BCUT2D eigenvalue weighted by Gasteiger charge is -2.28.